The van der Waals surface area contributed by atoms with Crippen LogP contribution in [0.3, 0.4) is 0 Å². The Labute approximate surface area is 219 Å². The number of carbonyl (C=O) groups is 2. The van der Waals surface area contributed by atoms with E-state index in [9.17, 15) is 31.9 Å². The van der Waals surface area contributed by atoms with Crippen molar-refractivity contribution < 1.29 is 31.9 Å². The first-order chi connectivity index (χ1) is 18.4. The normalized spacial score (nSPS) is 25.4. The Morgan fingerprint density at radius 2 is 1.95 bits per heavy atom. The third kappa shape index (κ3) is 5.22. The minimum Gasteiger partial charge on any atom is -0.370 e. The van der Waals surface area contributed by atoms with Gasteiger partial charge in [0.05, 0.1) is 23.4 Å². The zero-order valence-electron chi connectivity index (χ0n) is 20.7. The number of hydrogen-bond donors (Lipinski definition) is 3. The number of nitrogens with one attached hydrogen (secondary N) is 2. The number of hydrogen-bond acceptors (Lipinski definition) is 6. The Hall–Kier alpha value is -3.87. The summed E-state index contributed by atoms with van der Waals surface area (Å²) in [6.45, 7) is 0.446. The number of carbonyl (C=O) groups excluding carboxylic acids is 2. The van der Waals surface area contributed by atoms with Gasteiger partial charge in [-0.25, -0.2) is 9.37 Å². The molecule has 4 N–H and O–H groups in total. The maximum atomic E-state index is 14.4. The van der Waals surface area contributed by atoms with Crippen LogP contribution in [0.2, 0.25) is 0 Å². The van der Waals surface area contributed by atoms with Gasteiger partial charge in [-0.15, -0.1) is 0 Å². The van der Waals surface area contributed by atoms with Crippen molar-refractivity contribution in [1.29, 1.82) is 0 Å². The molecule has 2 aromatic rings. The third-order valence-corrected chi connectivity index (χ3v) is 7.37. The van der Waals surface area contributed by atoms with Gasteiger partial charge < -0.3 is 20.8 Å². The maximum absolute atomic E-state index is 14.4. The smallest absolute Gasteiger partial charge is 0.370 e. The lowest BCUT2D eigenvalue weighted by Crippen LogP contribution is -2.45. The molecule has 3 aliphatic rings. The minimum atomic E-state index is -4.85. The number of aromatic nitrogens is 2. The summed E-state index contributed by atoms with van der Waals surface area (Å²) >= 11 is 0. The summed E-state index contributed by atoms with van der Waals surface area (Å²) in [7, 11) is 0. The van der Waals surface area contributed by atoms with E-state index in [0.29, 0.717) is 11.4 Å². The van der Waals surface area contributed by atoms with Gasteiger partial charge in [-0.3, -0.25) is 19.4 Å². The molecule has 2 fully saturated rings. The molecule has 4 atom stereocenters. The van der Waals surface area contributed by atoms with Crippen molar-refractivity contribution >= 4 is 17.5 Å². The number of amides is 2. The highest BCUT2D eigenvalue weighted by molar-refractivity contribution is 6.06. The Morgan fingerprint density at radius 1 is 1.26 bits per heavy atom. The van der Waals surface area contributed by atoms with Crippen molar-refractivity contribution in [1.82, 2.24) is 15.3 Å². The van der Waals surface area contributed by atoms with Crippen LogP contribution in [0, 0.1) is 23.1 Å². The second-order valence-electron chi connectivity index (χ2n) is 10.2. The Balaban J connectivity index is 1.48. The molecule has 5 rings (SSSR count). The van der Waals surface area contributed by atoms with Crippen LogP contribution < -0.4 is 16.6 Å². The number of primary amides is 1. The van der Waals surface area contributed by atoms with Crippen LogP contribution in [0.4, 0.5) is 17.6 Å². The van der Waals surface area contributed by atoms with Crippen molar-refractivity contribution in [3.63, 3.8) is 0 Å². The van der Waals surface area contributed by atoms with E-state index >= 15 is 0 Å². The molecule has 0 spiro atoms. The fraction of sp³-hybridized carbons (Fsp3) is 0.423. The fourth-order valence-corrected chi connectivity index (χ4v) is 4.84. The summed E-state index contributed by atoms with van der Waals surface area (Å²) in [5.41, 5.74) is 3.37. The lowest BCUT2D eigenvalue weighted by atomic mass is 9.72. The second kappa shape index (κ2) is 9.70. The number of benzene rings is 1. The molecule has 13 heteroatoms. The van der Waals surface area contributed by atoms with E-state index in [1.165, 1.54) is 25.1 Å². The van der Waals surface area contributed by atoms with E-state index in [4.69, 9.17) is 10.5 Å². The Bertz CT molecular complexity index is 1430. The molecule has 0 bridgehead atoms. The van der Waals surface area contributed by atoms with E-state index in [0.717, 1.165) is 31.0 Å². The zero-order chi connectivity index (χ0) is 28.1. The third-order valence-electron chi connectivity index (χ3n) is 7.37. The standard InChI is InChI=1S/C26H25F4N5O4/c1-25(24(31)38)11-39-21-15(25)8-17(33-20(21)12-4-6-14(27)7-5-12)16(26(28,29)30)10-32-23(37)18-9-19(36)35-22(34-18)13-2-3-13/h4-9,13,15-16,21H,2-3,10-11H2,1H3,(H2,31,38)(H,32,37)(H,34,35,36)/t15?,16?,21?,25-/m0/s1. The van der Waals surface area contributed by atoms with E-state index in [1.807, 2.05) is 0 Å². The molecule has 1 aromatic carbocycles. The first-order valence-electron chi connectivity index (χ1n) is 12.3. The summed E-state index contributed by atoms with van der Waals surface area (Å²) in [6, 6.07) is 5.92. The number of nitrogens with zero attached hydrogens (tertiary/aromatic N) is 2. The number of aromatic amines is 1. The SMILES string of the molecule is C[C@]1(C(N)=O)COC2C(c3ccc(F)cc3)=NC(C(CNC(=O)c3cc(=O)[nH]c(C4CC4)n3)C(F)(F)F)=CC21. The molecule has 3 unspecified atom stereocenters. The minimum absolute atomic E-state index is 0.0149. The molecule has 1 aromatic heterocycles. The molecule has 206 valence electrons. The van der Waals surface area contributed by atoms with Crippen LogP contribution in [0.25, 0.3) is 0 Å². The first kappa shape index (κ1) is 26.7. The molecule has 0 radical (unpaired) electrons. The Kier molecular flexibility index (Phi) is 6.65. The first-order valence-corrected chi connectivity index (χ1v) is 12.3. The number of nitrogens with two attached hydrogens (primary N) is 1. The molecule has 1 saturated carbocycles. The van der Waals surface area contributed by atoms with Crippen LogP contribution in [-0.2, 0) is 9.53 Å². The fourth-order valence-electron chi connectivity index (χ4n) is 4.84. The van der Waals surface area contributed by atoms with E-state index < -0.39 is 65.0 Å². The molecule has 1 saturated heterocycles. The van der Waals surface area contributed by atoms with Gasteiger partial charge in [0.25, 0.3) is 11.5 Å². The van der Waals surface area contributed by atoms with E-state index in [-0.39, 0.29) is 23.9 Å². The number of aliphatic imine (C=N–C) groups is 1. The molecule has 1 aliphatic carbocycles. The number of rotatable bonds is 7. The summed E-state index contributed by atoms with van der Waals surface area (Å²) < 4.78 is 62.5. The molecule has 2 aliphatic heterocycles. The predicted molar refractivity (Wildman–Crippen MR) is 130 cm³/mol. The van der Waals surface area contributed by atoms with Crippen molar-refractivity contribution in [2.75, 3.05) is 13.2 Å². The van der Waals surface area contributed by atoms with Gasteiger partial charge in [0, 0.05) is 24.4 Å². The monoisotopic (exact) mass is 547 g/mol. The average Bonchev–Trinajstić information content (AvgIpc) is 3.67. The average molecular weight is 548 g/mol. The van der Waals surface area contributed by atoms with Crippen LogP contribution >= 0.6 is 0 Å². The van der Waals surface area contributed by atoms with Crippen LogP contribution in [0.15, 0.2) is 51.9 Å². The van der Waals surface area contributed by atoms with E-state index in [1.54, 1.807) is 0 Å². The van der Waals surface area contributed by atoms with Crippen molar-refractivity contribution in [3.8, 4) is 0 Å². The largest absolute Gasteiger partial charge is 0.398 e. The van der Waals surface area contributed by atoms with Crippen molar-refractivity contribution in [2.24, 2.45) is 28.0 Å². The van der Waals surface area contributed by atoms with Gasteiger partial charge >= 0.3 is 6.18 Å². The molecule has 39 heavy (non-hydrogen) atoms. The second-order valence-corrected chi connectivity index (χ2v) is 10.2. The lowest BCUT2D eigenvalue weighted by molar-refractivity contribution is -0.162. The van der Waals surface area contributed by atoms with Crippen molar-refractivity contribution in [2.45, 2.75) is 38.0 Å². The molecule has 3 heterocycles. The number of H-pyrrole nitrogens is 1. The van der Waals surface area contributed by atoms with Gasteiger partial charge in [0.15, 0.2) is 0 Å². The number of halogens is 4. The molecular weight excluding hydrogens is 522 g/mol. The highest BCUT2D eigenvalue weighted by atomic mass is 19.4. The number of ether oxygens (including phenoxy) is 1. The van der Waals surface area contributed by atoms with Gasteiger partial charge in [0.1, 0.15) is 29.4 Å². The lowest BCUT2D eigenvalue weighted by Gasteiger charge is -2.33. The summed E-state index contributed by atoms with van der Waals surface area (Å²) in [6.07, 6.45) is -2.93. The van der Waals surface area contributed by atoms with Gasteiger partial charge in [-0.05, 0) is 37.5 Å². The van der Waals surface area contributed by atoms with Crippen LogP contribution in [0.5, 0.6) is 0 Å². The number of alkyl halides is 3. The van der Waals surface area contributed by atoms with Crippen LogP contribution in [0.1, 0.15) is 47.6 Å². The summed E-state index contributed by atoms with van der Waals surface area (Å²) in [4.78, 5) is 47.9. The molecule has 9 nitrogen and oxygen atoms in total. The van der Waals surface area contributed by atoms with Crippen LogP contribution in [-0.4, -0.2) is 52.9 Å². The highest BCUT2D eigenvalue weighted by Gasteiger charge is 2.54. The summed E-state index contributed by atoms with van der Waals surface area (Å²) in [5, 5.41) is 2.23. The van der Waals surface area contributed by atoms with Crippen molar-refractivity contribution in [3.05, 3.63) is 75.4 Å². The van der Waals surface area contributed by atoms with Gasteiger partial charge in [-0.1, -0.05) is 18.2 Å². The summed E-state index contributed by atoms with van der Waals surface area (Å²) in [5.74, 6) is -5.08. The topological polar surface area (TPSA) is 140 Å². The maximum Gasteiger partial charge on any atom is 0.398 e. The Morgan fingerprint density at radius 3 is 2.56 bits per heavy atom. The zero-order valence-corrected chi connectivity index (χ0v) is 20.7. The van der Waals surface area contributed by atoms with Gasteiger partial charge in [-0.2, -0.15) is 13.2 Å². The molecular formula is C26H25F4N5O4. The van der Waals surface area contributed by atoms with Gasteiger partial charge in [0.2, 0.25) is 5.91 Å². The van der Waals surface area contributed by atoms with E-state index in [2.05, 4.69) is 20.3 Å². The predicted octanol–water partition coefficient (Wildman–Crippen LogP) is 2.59. The quantitative estimate of drug-likeness (QED) is 0.458. The molecule has 2 amide bonds. The number of fused-ring (bicyclic) bond motifs is 1. The highest BCUT2D eigenvalue weighted by Crippen LogP contribution is 2.46.